The number of amides is 3. The first-order valence-electron chi connectivity index (χ1n) is 14.8. The Kier molecular flexibility index (Phi) is 13.5. The number of ether oxygens (including phenoxy) is 1. The van der Waals surface area contributed by atoms with Crippen molar-refractivity contribution < 1.29 is 29.0 Å². The van der Waals surface area contributed by atoms with Crippen LogP contribution in [-0.4, -0.2) is 74.1 Å². The molecule has 2 aromatic rings. The van der Waals surface area contributed by atoms with E-state index >= 15 is 0 Å². The fraction of sp³-hybridized carbons (Fsp3) is 0.516. The number of alkyl halides is 1. The van der Waals surface area contributed by atoms with Crippen molar-refractivity contribution >= 4 is 57.2 Å². The number of likely N-dealkylation sites (tertiary alicyclic amines) is 1. The highest BCUT2D eigenvalue weighted by molar-refractivity contribution is 14.1. The molecule has 0 bridgehead atoms. The van der Waals surface area contributed by atoms with Gasteiger partial charge < -0.3 is 30.4 Å². The number of aryl methyl sites for hydroxylation is 1. The van der Waals surface area contributed by atoms with Crippen LogP contribution in [0.15, 0.2) is 47.9 Å². The Morgan fingerprint density at radius 2 is 1.98 bits per heavy atom. The van der Waals surface area contributed by atoms with Gasteiger partial charge in [-0.1, -0.05) is 60.6 Å². The molecule has 0 saturated carbocycles. The largest absolute Gasteiger partial charge is 0.480 e. The molecule has 234 valence electrons. The number of rotatable bonds is 16. The predicted molar refractivity (Wildman–Crippen MR) is 172 cm³/mol. The average molecular weight is 709 g/mol. The van der Waals surface area contributed by atoms with Gasteiger partial charge in [-0.3, -0.25) is 14.4 Å². The second-order valence-electron chi connectivity index (χ2n) is 10.7. The van der Waals surface area contributed by atoms with Gasteiger partial charge in [0.1, 0.15) is 18.1 Å². The van der Waals surface area contributed by atoms with Crippen molar-refractivity contribution in [3.8, 4) is 0 Å². The number of nitrogens with zero attached hydrogens (tertiary/aromatic N) is 1. The number of H-pyrrole nitrogens is 1. The van der Waals surface area contributed by atoms with Crippen LogP contribution in [0.1, 0.15) is 63.9 Å². The van der Waals surface area contributed by atoms with E-state index in [2.05, 4.69) is 22.2 Å². The molecule has 0 spiro atoms. The number of benzene rings is 1. The summed E-state index contributed by atoms with van der Waals surface area (Å²) in [5.41, 5.74) is 0.963. The monoisotopic (exact) mass is 708 g/mol. The van der Waals surface area contributed by atoms with Crippen molar-refractivity contribution in [1.29, 1.82) is 0 Å². The molecule has 43 heavy (non-hydrogen) atoms. The third kappa shape index (κ3) is 9.80. The number of aromatic nitrogens is 1. The number of carbonyl (C=O) groups is 4. The minimum absolute atomic E-state index is 0.109. The maximum Gasteiger partial charge on any atom is 0.407 e. The highest BCUT2D eigenvalue weighted by atomic mass is 127. The predicted octanol–water partition coefficient (Wildman–Crippen LogP) is 4.08. The van der Waals surface area contributed by atoms with Gasteiger partial charge in [-0.05, 0) is 68.0 Å². The number of fused-ring (bicyclic) bond motifs is 1. The number of hydrogen-bond donors (Lipinski definition) is 4. The number of aliphatic carboxylic acids is 1. The van der Waals surface area contributed by atoms with Crippen molar-refractivity contribution in [3.63, 3.8) is 0 Å². The first kappa shape index (κ1) is 34.1. The van der Waals surface area contributed by atoms with Crippen LogP contribution in [-0.2, 0) is 25.5 Å². The van der Waals surface area contributed by atoms with E-state index in [-0.39, 0.29) is 18.1 Å². The number of hydrogen-bond acceptors (Lipinski definition) is 6. The van der Waals surface area contributed by atoms with Gasteiger partial charge in [-0.2, -0.15) is 0 Å². The van der Waals surface area contributed by atoms with E-state index < -0.39 is 40.0 Å². The number of unbranched alkanes of at least 4 members (excludes halogenated alkanes) is 3. The first-order valence-corrected chi connectivity index (χ1v) is 16.0. The molecular formula is C31H41IN4O7. The number of pyridine rings is 1. The van der Waals surface area contributed by atoms with Crippen LogP contribution < -0.4 is 16.2 Å². The summed E-state index contributed by atoms with van der Waals surface area (Å²) in [7, 11) is 0. The maximum absolute atomic E-state index is 13.5. The Morgan fingerprint density at radius 1 is 1.19 bits per heavy atom. The topological polar surface area (TPSA) is 158 Å². The van der Waals surface area contributed by atoms with Gasteiger partial charge in [0.2, 0.25) is 11.8 Å². The Hall–Kier alpha value is -3.42. The molecule has 2 heterocycles. The quantitative estimate of drug-likeness (QED) is 0.0886. The Balaban J connectivity index is 1.48. The molecule has 1 saturated heterocycles. The Bertz CT molecular complexity index is 1350. The zero-order chi connectivity index (χ0) is 31.4. The zero-order valence-electron chi connectivity index (χ0n) is 24.5. The van der Waals surface area contributed by atoms with Crippen LogP contribution in [0.25, 0.3) is 10.8 Å². The van der Waals surface area contributed by atoms with Gasteiger partial charge in [-0.15, -0.1) is 6.58 Å². The summed E-state index contributed by atoms with van der Waals surface area (Å²) in [5, 5.41) is 16.3. The maximum atomic E-state index is 13.5. The lowest BCUT2D eigenvalue weighted by Gasteiger charge is -2.29. The minimum Gasteiger partial charge on any atom is -0.480 e. The van der Waals surface area contributed by atoms with Crippen molar-refractivity contribution in [3.05, 3.63) is 59.0 Å². The van der Waals surface area contributed by atoms with E-state index in [1.807, 2.05) is 53.8 Å². The Labute approximate surface area is 265 Å². The second-order valence-corrected chi connectivity index (χ2v) is 12.1. The summed E-state index contributed by atoms with van der Waals surface area (Å²) in [4.78, 5) is 66.9. The summed E-state index contributed by atoms with van der Waals surface area (Å²) in [6.45, 7) is 6.12. The Morgan fingerprint density at radius 3 is 2.70 bits per heavy atom. The summed E-state index contributed by atoms with van der Waals surface area (Å²) in [6.07, 6.45) is 8.43. The number of alkyl carbamates (subject to hydrolysis) is 1. The van der Waals surface area contributed by atoms with Gasteiger partial charge in [0.15, 0.2) is 0 Å². The second kappa shape index (κ2) is 17.0. The average Bonchev–Trinajstić information content (AvgIpc) is 3.49. The van der Waals surface area contributed by atoms with Crippen LogP contribution in [0.5, 0.6) is 0 Å². The number of halogens is 1. The standard InChI is InChI=1S/C31H41IN4O7/c1-3-5-11-24(29(39)36-17-9-12-25(36)28(38)35-26(30(40)41)23(32)4-2)34-31(42)43-18-8-6-7-10-20-13-14-21-15-16-33-27(37)22(21)19-20/h4,13-16,19,23-26H,2-3,5-12,17-18H2,1H3,(H,33,37)(H,34,42)(H,35,38)(H,40,41)/t23-,24-,25-,26?/m0/s1. The number of carboxylic acid groups (broad SMARTS) is 1. The molecule has 0 aliphatic carbocycles. The lowest BCUT2D eigenvalue weighted by molar-refractivity contribution is -0.144. The molecule has 1 aliphatic rings. The molecule has 4 atom stereocenters. The summed E-state index contributed by atoms with van der Waals surface area (Å²) >= 11 is 1.89. The van der Waals surface area contributed by atoms with Gasteiger partial charge in [0.05, 0.1) is 10.5 Å². The van der Waals surface area contributed by atoms with E-state index in [9.17, 15) is 29.1 Å². The van der Waals surface area contributed by atoms with E-state index in [0.29, 0.717) is 44.0 Å². The summed E-state index contributed by atoms with van der Waals surface area (Å²) in [6, 6.07) is 4.90. The third-order valence-corrected chi connectivity index (χ3v) is 8.79. The lowest BCUT2D eigenvalue weighted by Crippen LogP contribution is -2.56. The van der Waals surface area contributed by atoms with E-state index in [0.717, 1.165) is 36.6 Å². The summed E-state index contributed by atoms with van der Waals surface area (Å²) in [5.74, 6) is -2.09. The molecule has 1 aliphatic heterocycles. The van der Waals surface area contributed by atoms with Crippen LogP contribution in [0.4, 0.5) is 4.79 Å². The minimum atomic E-state index is -1.18. The van der Waals surface area contributed by atoms with Crippen molar-refractivity contribution in [2.24, 2.45) is 0 Å². The lowest BCUT2D eigenvalue weighted by atomic mass is 10.0. The molecule has 11 nitrogen and oxygen atoms in total. The number of carbonyl (C=O) groups excluding carboxylic acids is 3. The van der Waals surface area contributed by atoms with Crippen LogP contribution in [0.3, 0.4) is 0 Å². The fourth-order valence-electron chi connectivity index (χ4n) is 5.17. The van der Waals surface area contributed by atoms with E-state index in [1.54, 1.807) is 6.20 Å². The smallest absolute Gasteiger partial charge is 0.407 e. The number of carboxylic acids is 1. The zero-order valence-corrected chi connectivity index (χ0v) is 26.6. The number of nitrogens with one attached hydrogen (secondary N) is 3. The van der Waals surface area contributed by atoms with Gasteiger partial charge >= 0.3 is 12.1 Å². The molecule has 1 unspecified atom stereocenters. The van der Waals surface area contributed by atoms with E-state index in [4.69, 9.17) is 4.74 Å². The van der Waals surface area contributed by atoms with Crippen molar-refractivity contribution in [2.45, 2.75) is 86.8 Å². The van der Waals surface area contributed by atoms with Crippen molar-refractivity contribution in [1.82, 2.24) is 20.5 Å². The normalized spacial score (nSPS) is 16.7. The van der Waals surface area contributed by atoms with Crippen LogP contribution >= 0.6 is 22.6 Å². The van der Waals surface area contributed by atoms with Crippen molar-refractivity contribution in [2.75, 3.05) is 13.2 Å². The molecule has 1 fully saturated rings. The molecule has 1 aromatic heterocycles. The van der Waals surface area contributed by atoms with Crippen LogP contribution in [0.2, 0.25) is 0 Å². The van der Waals surface area contributed by atoms with Gasteiger partial charge in [0.25, 0.3) is 5.56 Å². The molecular weight excluding hydrogens is 667 g/mol. The first-order chi connectivity index (χ1) is 20.7. The molecule has 1 aromatic carbocycles. The summed E-state index contributed by atoms with van der Waals surface area (Å²) < 4.78 is 4.84. The van der Waals surface area contributed by atoms with Crippen LogP contribution in [0, 0.1) is 0 Å². The highest BCUT2D eigenvalue weighted by Crippen LogP contribution is 2.21. The molecule has 0 radical (unpaired) electrons. The molecule has 4 N–H and O–H groups in total. The van der Waals surface area contributed by atoms with Gasteiger partial charge in [-0.25, -0.2) is 9.59 Å². The fourth-order valence-corrected chi connectivity index (χ4v) is 5.66. The highest BCUT2D eigenvalue weighted by Gasteiger charge is 2.39. The molecule has 12 heteroatoms. The third-order valence-electron chi connectivity index (χ3n) is 7.57. The number of aromatic amines is 1. The SMILES string of the molecule is C=C[C@H](I)C(NC(=O)[C@@H]1CCCN1C(=O)[C@H](CCCC)NC(=O)OCCCCCc1ccc2cc[nH]c(=O)c2c1)C(=O)O. The van der Waals surface area contributed by atoms with Gasteiger partial charge in [0, 0.05) is 18.1 Å². The molecule has 3 amide bonds. The van der Waals surface area contributed by atoms with E-state index in [1.165, 1.54) is 11.0 Å². The molecule has 3 rings (SSSR count).